The molecular weight excluding hydrogens is 466 g/mol. The number of carbonyl (C=O) groups excluding carboxylic acids is 2. The predicted octanol–water partition coefficient (Wildman–Crippen LogP) is 3.73. The number of benzene rings is 2. The monoisotopic (exact) mass is 487 g/mol. The molecular formula is C23H22ClN3O3S2. The lowest BCUT2D eigenvalue weighted by molar-refractivity contribution is -0.122. The molecule has 0 spiro atoms. The summed E-state index contributed by atoms with van der Waals surface area (Å²) in [6.07, 6.45) is 1.59. The van der Waals surface area contributed by atoms with Crippen molar-refractivity contribution in [1.82, 2.24) is 10.2 Å². The smallest absolute Gasteiger partial charge is 0.270 e. The highest BCUT2D eigenvalue weighted by Gasteiger charge is 2.34. The van der Waals surface area contributed by atoms with E-state index in [4.69, 9.17) is 28.6 Å². The normalized spacial score (nSPS) is 18.8. The highest BCUT2D eigenvalue weighted by atomic mass is 35.5. The molecule has 2 aromatic carbocycles. The van der Waals surface area contributed by atoms with Crippen molar-refractivity contribution in [2.75, 3.05) is 36.6 Å². The van der Waals surface area contributed by atoms with Crippen LogP contribution >= 0.6 is 35.6 Å². The molecule has 1 N–H and O–H groups in total. The van der Waals surface area contributed by atoms with Gasteiger partial charge in [0.15, 0.2) is 5.11 Å². The Morgan fingerprint density at radius 3 is 2.56 bits per heavy atom. The van der Waals surface area contributed by atoms with Crippen LogP contribution in [0, 0.1) is 0 Å². The van der Waals surface area contributed by atoms with Crippen LogP contribution in [0.4, 0.5) is 5.69 Å². The minimum atomic E-state index is -0.518. The Bertz CT molecular complexity index is 1080. The van der Waals surface area contributed by atoms with Gasteiger partial charge in [0.1, 0.15) is 11.3 Å². The number of methoxy groups -OCH3 is 1. The molecule has 0 saturated carbocycles. The second-order valence-electron chi connectivity index (χ2n) is 7.39. The number of nitrogens with zero attached hydrogens (tertiary/aromatic N) is 2. The Balaban J connectivity index is 1.64. The second-order valence-corrected chi connectivity index (χ2v) is 9.44. The van der Waals surface area contributed by atoms with Gasteiger partial charge in [0.25, 0.3) is 11.8 Å². The van der Waals surface area contributed by atoms with E-state index >= 15 is 0 Å². The first-order chi connectivity index (χ1) is 15.5. The molecule has 0 atom stereocenters. The molecule has 0 aliphatic carbocycles. The summed E-state index contributed by atoms with van der Waals surface area (Å²) in [5.41, 5.74) is 2.31. The van der Waals surface area contributed by atoms with Crippen molar-refractivity contribution in [3.63, 3.8) is 0 Å². The number of rotatable bonds is 5. The summed E-state index contributed by atoms with van der Waals surface area (Å²) in [5.74, 6) is 2.01. The van der Waals surface area contributed by atoms with Gasteiger partial charge in [0.05, 0.1) is 12.8 Å². The van der Waals surface area contributed by atoms with E-state index in [1.165, 1.54) is 4.90 Å². The van der Waals surface area contributed by atoms with Crippen LogP contribution < -0.4 is 15.0 Å². The third-order valence-electron chi connectivity index (χ3n) is 5.30. The number of halogens is 1. The third kappa shape index (κ3) is 4.99. The molecule has 0 radical (unpaired) electrons. The summed E-state index contributed by atoms with van der Waals surface area (Å²) in [5, 5.41) is 3.19. The number of hydrogen-bond acceptors (Lipinski definition) is 6. The highest BCUT2D eigenvalue weighted by molar-refractivity contribution is 7.99. The predicted molar refractivity (Wildman–Crippen MR) is 133 cm³/mol. The third-order valence-corrected chi connectivity index (χ3v) is 6.78. The van der Waals surface area contributed by atoms with Gasteiger partial charge in [-0.1, -0.05) is 17.7 Å². The molecule has 6 nitrogen and oxygen atoms in total. The van der Waals surface area contributed by atoms with E-state index in [2.05, 4.69) is 10.2 Å². The number of thioether (sulfide) groups is 1. The molecule has 2 fully saturated rings. The summed E-state index contributed by atoms with van der Waals surface area (Å²) >= 11 is 13.2. The lowest BCUT2D eigenvalue weighted by Gasteiger charge is -2.29. The molecule has 2 heterocycles. The van der Waals surface area contributed by atoms with Crippen LogP contribution in [0.1, 0.15) is 11.1 Å². The molecule has 4 rings (SSSR count). The van der Waals surface area contributed by atoms with Crippen LogP contribution in [0.3, 0.4) is 0 Å². The molecule has 166 valence electrons. The van der Waals surface area contributed by atoms with Crippen molar-refractivity contribution in [3.8, 4) is 5.75 Å². The van der Waals surface area contributed by atoms with Gasteiger partial charge in [-0.25, -0.2) is 0 Å². The van der Waals surface area contributed by atoms with E-state index in [9.17, 15) is 9.59 Å². The van der Waals surface area contributed by atoms with Crippen LogP contribution in [0.5, 0.6) is 5.75 Å². The molecule has 2 saturated heterocycles. The maximum Gasteiger partial charge on any atom is 0.270 e. The van der Waals surface area contributed by atoms with Crippen molar-refractivity contribution in [3.05, 3.63) is 64.2 Å². The van der Waals surface area contributed by atoms with E-state index in [-0.39, 0.29) is 10.7 Å². The largest absolute Gasteiger partial charge is 0.496 e. The van der Waals surface area contributed by atoms with Gasteiger partial charge in [-0.3, -0.25) is 24.7 Å². The molecule has 2 aliphatic heterocycles. The van der Waals surface area contributed by atoms with Crippen LogP contribution in [-0.2, 0) is 16.1 Å². The number of amides is 2. The van der Waals surface area contributed by atoms with E-state index in [0.29, 0.717) is 10.7 Å². The zero-order valence-corrected chi connectivity index (χ0v) is 19.9. The maximum absolute atomic E-state index is 13.2. The second kappa shape index (κ2) is 10.0. The Morgan fingerprint density at radius 1 is 1.16 bits per heavy atom. The molecule has 2 amide bonds. The lowest BCUT2D eigenvalue weighted by atomic mass is 10.0. The van der Waals surface area contributed by atoms with Gasteiger partial charge in [-0.05, 0) is 60.3 Å². The van der Waals surface area contributed by atoms with Crippen molar-refractivity contribution in [1.29, 1.82) is 0 Å². The quantitative estimate of drug-likeness (QED) is 0.394. The molecule has 32 heavy (non-hydrogen) atoms. The molecule has 0 aromatic heterocycles. The van der Waals surface area contributed by atoms with Gasteiger partial charge in [0.2, 0.25) is 0 Å². The van der Waals surface area contributed by atoms with Gasteiger partial charge in [-0.15, -0.1) is 0 Å². The zero-order valence-electron chi connectivity index (χ0n) is 17.5. The van der Waals surface area contributed by atoms with Crippen molar-refractivity contribution >= 4 is 64.3 Å². The molecule has 0 bridgehead atoms. The maximum atomic E-state index is 13.2. The van der Waals surface area contributed by atoms with Gasteiger partial charge < -0.3 is 4.74 Å². The number of hydrogen-bond donors (Lipinski definition) is 1. The minimum Gasteiger partial charge on any atom is -0.496 e. The number of carbonyl (C=O) groups is 2. The average molecular weight is 488 g/mol. The highest BCUT2D eigenvalue weighted by Crippen LogP contribution is 2.27. The van der Waals surface area contributed by atoms with Crippen molar-refractivity contribution < 1.29 is 14.3 Å². The topological polar surface area (TPSA) is 61.9 Å². The summed E-state index contributed by atoms with van der Waals surface area (Å²) in [6.45, 7) is 2.79. The van der Waals surface area contributed by atoms with E-state index < -0.39 is 11.8 Å². The molecule has 0 unspecified atom stereocenters. The Labute approximate surface area is 201 Å². The number of ether oxygens (including phenoxy) is 1. The Morgan fingerprint density at radius 2 is 1.88 bits per heavy atom. The number of anilines is 1. The average Bonchev–Trinajstić information content (AvgIpc) is 2.79. The molecule has 2 aromatic rings. The summed E-state index contributed by atoms with van der Waals surface area (Å²) in [6, 6.07) is 12.4. The molecule has 2 aliphatic rings. The minimum absolute atomic E-state index is 0.0130. The van der Waals surface area contributed by atoms with Crippen molar-refractivity contribution in [2.45, 2.75) is 6.54 Å². The first-order valence-corrected chi connectivity index (χ1v) is 12.0. The Kier molecular flexibility index (Phi) is 7.15. The summed E-state index contributed by atoms with van der Waals surface area (Å²) < 4.78 is 5.54. The zero-order chi connectivity index (χ0) is 22.7. The van der Waals surface area contributed by atoms with Crippen LogP contribution in [0.2, 0.25) is 5.02 Å². The van der Waals surface area contributed by atoms with Gasteiger partial charge in [-0.2, -0.15) is 11.8 Å². The van der Waals surface area contributed by atoms with E-state index in [0.717, 1.165) is 48.0 Å². The van der Waals surface area contributed by atoms with Crippen LogP contribution in [-0.4, -0.2) is 53.5 Å². The Hall–Kier alpha value is -2.39. The fraction of sp³-hybridized carbons (Fsp3) is 0.261. The standard InChI is InChI=1S/C23H22ClN3O3S2/c1-30-20-7-2-15(12-16(20)14-26-8-10-32-11-9-26)13-19-21(28)25-23(31)27(22(19)29)18-5-3-17(24)4-6-18/h2-7,12-13H,8-11,14H2,1H3,(H,25,28,31). The first-order valence-electron chi connectivity index (χ1n) is 10.1. The van der Waals surface area contributed by atoms with E-state index in [1.807, 2.05) is 30.0 Å². The number of thiocarbonyl (C=S) groups is 1. The lowest BCUT2D eigenvalue weighted by Crippen LogP contribution is -2.54. The fourth-order valence-electron chi connectivity index (χ4n) is 3.66. The van der Waals surface area contributed by atoms with Crippen molar-refractivity contribution in [2.24, 2.45) is 0 Å². The van der Waals surface area contributed by atoms with Crippen LogP contribution in [0.25, 0.3) is 6.08 Å². The van der Waals surface area contributed by atoms with Gasteiger partial charge >= 0.3 is 0 Å². The SMILES string of the molecule is COc1ccc(C=C2C(=O)NC(=S)N(c3ccc(Cl)cc3)C2=O)cc1CN1CCSCC1. The fourth-order valence-corrected chi connectivity index (χ4v) is 5.05. The summed E-state index contributed by atoms with van der Waals surface area (Å²) in [4.78, 5) is 29.5. The van der Waals surface area contributed by atoms with Crippen LogP contribution in [0.15, 0.2) is 48.0 Å². The molecule has 9 heteroatoms. The van der Waals surface area contributed by atoms with Gasteiger partial charge in [0, 0.05) is 41.7 Å². The van der Waals surface area contributed by atoms with E-state index in [1.54, 1.807) is 37.5 Å². The summed E-state index contributed by atoms with van der Waals surface area (Å²) in [7, 11) is 1.64. The first kappa shape index (κ1) is 22.8. The number of nitrogens with one attached hydrogen (secondary N) is 1.